The Kier molecular flexibility index (Phi) is 5.49. The van der Waals surface area contributed by atoms with Gasteiger partial charge < -0.3 is 20.9 Å². The molecule has 1 aromatic heterocycles. The minimum Gasteiger partial charge on any atom is -0.394 e. The first-order valence-corrected chi connectivity index (χ1v) is 6.08. The largest absolute Gasteiger partial charge is 0.394 e. The molecule has 2 unspecified atom stereocenters. The van der Waals surface area contributed by atoms with Crippen molar-refractivity contribution in [3.63, 3.8) is 0 Å². The summed E-state index contributed by atoms with van der Waals surface area (Å²) in [5, 5.41) is 14.0. The number of ether oxygens (including phenoxy) is 1. The summed E-state index contributed by atoms with van der Waals surface area (Å²) >= 11 is 1.34. The number of methoxy groups -OCH3 is 1. The predicted octanol–water partition coefficient (Wildman–Crippen LogP) is -0.100. The lowest BCUT2D eigenvalue weighted by Crippen LogP contribution is -2.40. The molecule has 1 heterocycles. The third-order valence-electron chi connectivity index (χ3n) is 2.07. The molecule has 96 valence electrons. The number of nitrogens with two attached hydrogens (primary N) is 1. The van der Waals surface area contributed by atoms with Crippen LogP contribution in [0, 0.1) is 0 Å². The fourth-order valence-electron chi connectivity index (χ4n) is 1.20. The van der Waals surface area contributed by atoms with Crippen molar-refractivity contribution in [2.24, 2.45) is 5.73 Å². The van der Waals surface area contributed by atoms with Gasteiger partial charge in [0.15, 0.2) is 0 Å². The van der Waals surface area contributed by atoms with Crippen molar-refractivity contribution in [3.05, 3.63) is 16.1 Å². The topological polar surface area (TPSA) is 97.5 Å². The number of aromatic nitrogens is 1. The smallest absolute Gasteiger partial charge is 0.271 e. The first-order chi connectivity index (χ1) is 8.08. The molecule has 0 radical (unpaired) electrons. The van der Waals surface area contributed by atoms with Crippen LogP contribution in [0.25, 0.3) is 0 Å². The molecule has 0 aromatic carbocycles. The van der Waals surface area contributed by atoms with Gasteiger partial charge in [0.25, 0.3) is 5.91 Å². The van der Waals surface area contributed by atoms with Crippen molar-refractivity contribution in [1.82, 2.24) is 10.3 Å². The summed E-state index contributed by atoms with van der Waals surface area (Å²) in [4.78, 5) is 15.9. The normalized spacial score (nSPS) is 14.4. The van der Waals surface area contributed by atoms with E-state index in [0.717, 1.165) is 0 Å². The molecule has 6 nitrogen and oxygen atoms in total. The van der Waals surface area contributed by atoms with Gasteiger partial charge in [0.2, 0.25) is 0 Å². The lowest BCUT2D eigenvalue weighted by atomic mass is 10.3. The minimum atomic E-state index is -0.423. The Bertz CT molecular complexity index is 367. The van der Waals surface area contributed by atoms with Crippen LogP contribution in [0.5, 0.6) is 0 Å². The first kappa shape index (κ1) is 14.0. The number of nitrogens with zero attached hydrogens (tertiary/aromatic N) is 1. The Labute approximate surface area is 104 Å². The summed E-state index contributed by atoms with van der Waals surface area (Å²) in [6, 6.07) is -0.609. The number of carbonyl (C=O) groups excluding carboxylic acids is 1. The van der Waals surface area contributed by atoms with Crippen LogP contribution in [-0.4, -0.2) is 42.4 Å². The van der Waals surface area contributed by atoms with Gasteiger partial charge in [-0.15, -0.1) is 11.3 Å². The van der Waals surface area contributed by atoms with Crippen molar-refractivity contribution < 1.29 is 14.6 Å². The fourth-order valence-corrected chi connectivity index (χ4v) is 1.96. The van der Waals surface area contributed by atoms with Gasteiger partial charge >= 0.3 is 0 Å². The Balaban J connectivity index is 2.62. The van der Waals surface area contributed by atoms with Gasteiger partial charge in [-0.05, 0) is 6.92 Å². The number of amides is 1. The number of thiazole rings is 1. The maximum atomic E-state index is 11.8. The molecule has 0 bridgehead atoms. The fraction of sp³-hybridized carbons (Fsp3) is 0.600. The SMILES string of the molecule is COCC(CO)NC(=O)c1csc(C(C)N)n1. The molecule has 0 aliphatic carbocycles. The number of carbonyl (C=O) groups is 1. The molecule has 1 rings (SSSR count). The van der Waals surface area contributed by atoms with Crippen molar-refractivity contribution >= 4 is 17.2 Å². The maximum absolute atomic E-state index is 11.8. The molecule has 0 saturated heterocycles. The first-order valence-electron chi connectivity index (χ1n) is 5.20. The molecule has 4 N–H and O–H groups in total. The summed E-state index contributed by atoms with van der Waals surface area (Å²) < 4.78 is 4.86. The van der Waals surface area contributed by atoms with Crippen LogP contribution in [0.1, 0.15) is 28.5 Å². The van der Waals surface area contributed by atoms with Crippen molar-refractivity contribution in [2.75, 3.05) is 20.3 Å². The van der Waals surface area contributed by atoms with Crippen LogP contribution in [0.4, 0.5) is 0 Å². The number of rotatable bonds is 6. The van der Waals surface area contributed by atoms with E-state index < -0.39 is 6.04 Å². The average Bonchev–Trinajstić information content (AvgIpc) is 2.77. The van der Waals surface area contributed by atoms with E-state index in [4.69, 9.17) is 15.6 Å². The van der Waals surface area contributed by atoms with Crippen molar-refractivity contribution in [1.29, 1.82) is 0 Å². The molecular formula is C10H17N3O3S. The van der Waals surface area contributed by atoms with E-state index in [1.54, 1.807) is 5.38 Å². The lowest BCUT2D eigenvalue weighted by molar-refractivity contribution is 0.0835. The van der Waals surface area contributed by atoms with Gasteiger partial charge in [0.05, 0.1) is 25.3 Å². The molecule has 1 amide bonds. The van der Waals surface area contributed by atoms with E-state index in [2.05, 4.69) is 10.3 Å². The molecular weight excluding hydrogens is 242 g/mol. The van der Waals surface area contributed by atoms with E-state index in [9.17, 15) is 4.79 Å². The predicted molar refractivity (Wildman–Crippen MR) is 64.9 cm³/mol. The molecule has 2 atom stereocenters. The summed E-state index contributed by atoms with van der Waals surface area (Å²) in [6.45, 7) is 1.89. The van der Waals surface area contributed by atoms with Gasteiger partial charge in [-0.3, -0.25) is 4.79 Å². The molecule has 1 aromatic rings. The highest BCUT2D eigenvalue weighted by atomic mass is 32.1. The standard InChI is InChI=1S/C10H17N3O3S/c1-6(11)10-13-8(5-17-10)9(15)12-7(3-14)4-16-2/h5-7,14H,3-4,11H2,1-2H3,(H,12,15). The highest BCUT2D eigenvalue weighted by Crippen LogP contribution is 2.15. The molecule has 7 heteroatoms. The van der Waals surface area contributed by atoms with Crippen LogP contribution in [0.2, 0.25) is 0 Å². The van der Waals surface area contributed by atoms with Gasteiger partial charge in [-0.2, -0.15) is 0 Å². The van der Waals surface area contributed by atoms with E-state index in [1.807, 2.05) is 6.92 Å². The van der Waals surface area contributed by atoms with Crippen LogP contribution in [0.3, 0.4) is 0 Å². The van der Waals surface area contributed by atoms with Crippen LogP contribution < -0.4 is 11.1 Å². The molecule has 0 fully saturated rings. The van der Waals surface area contributed by atoms with Gasteiger partial charge in [0, 0.05) is 12.5 Å². The van der Waals surface area contributed by atoms with Crippen molar-refractivity contribution in [2.45, 2.75) is 19.0 Å². The third-order valence-corrected chi connectivity index (χ3v) is 3.11. The lowest BCUT2D eigenvalue weighted by Gasteiger charge is -2.13. The number of hydrogen-bond acceptors (Lipinski definition) is 6. The van der Waals surface area contributed by atoms with E-state index in [-0.39, 0.29) is 25.2 Å². The van der Waals surface area contributed by atoms with E-state index in [1.165, 1.54) is 18.4 Å². The summed E-state index contributed by atoms with van der Waals surface area (Å²) in [5.74, 6) is -0.329. The van der Waals surface area contributed by atoms with Crippen LogP contribution in [-0.2, 0) is 4.74 Å². The third kappa shape index (κ3) is 4.04. The zero-order valence-electron chi connectivity index (χ0n) is 9.84. The molecule has 17 heavy (non-hydrogen) atoms. The second-order valence-electron chi connectivity index (χ2n) is 3.67. The quantitative estimate of drug-likeness (QED) is 0.663. The van der Waals surface area contributed by atoms with E-state index >= 15 is 0 Å². The van der Waals surface area contributed by atoms with Crippen LogP contribution >= 0.6 is 11.3 Å². The summed E-state index contributed by atoms with van der Waals surface area (Å²) in [7, 11) is 1.51. The Morgan fingerprint density at radius 1 is 1.76 bits per heavy atom. The summed E-state index contributed by atoms with van der Waals surface area (Å²) in [5.41, 5.74) is 5.98. The van der Waals surface area contributed by atoms with Gasteiger partial charge in [-0.25, -0.2) is 4.98 Å². The number of hydrogen-bond donors (Lipinski definition) is 3. The Morgan fingerprint density at radius 3 is 2.94 bits per heavy atom. The Morgan fingerprint density at radius 2 is 2.47 bits per heavy atom. The van der Waals surface area contributed by atoms with Crippen LogP contribution in [0.15, 0.2) is 5.38 Å². The minimum absolute atomic E-state index is 0.177. The average molecular weight is 259 g/mol. The zero-order chi connectivity index (χ0) is 12.8. The second-order valence-corrected chi connectivity index (χ2v) is 4.56. The van der Waals surface area contributed by atoms with E-state index in [0.29, 0.717) is 10.7 Å². The molecule has 0 saturated carbocycles. The number of aliphatic hydroxyl groups is 1. The zero-order valence-corrected chi connectivity index (χ0v) is 10.7. The number of nitrogens with one attached hydrogen (secondary N) is 1. The summed E-state index contributed by atoms with van der Waals surface area (Å²) in [6.07, 6.45) is 0. The Hall–Kier alpha value is -1.02. The van der Waals surface area contributed by atoms with Gasteiger partial charge in [-0.1, -0.05) is 0 Å². The highest BCUT2D eigenvalue weighted by Gasteiger charge is 2.16. The highest BCUT2D eigenvalue weighted by molar-refractivity contribution is 7.09. The molecule has 0 aliphatic heterocycles. The molecule has 0 aliphatic rings. The monoisotopic (exact) mass is 259 g/mol. The van der Waals surface area contributed by atoms with Crippen molar-refractivity contribution in [3.8, 4) is 0 Å². The molecule has 0 spiro atoms. The maximum Gasteiger partial charge on any atom is 0.271 e. The number of aliphatic hydroxyl groups excluding tert-OH is 1. The van der Waals surface area contributed by atoms with Gasteiger partial charge in [0.1, 0.15) is 10.7 Å². The second kappa shape index (κ2) is 6.65.